The Morgan fingerprint density at radius 3 is 2.82 bits per heavy atom. The van der Waals surface area contributed by atoms with Gasteiger partial charge in [-0.15, -0.1) is 0 Å². The van der Waals surface area contributed by atoms with E-state index in [0.29, 0.717) is 12.3 Å². The maximum Gasteiger partial charge on any atom is 0.303 e. The Bertz CT molecular complexity index is 253. The van der Waals surface area contributed by atoms with Crippen LogP contribution >= 0.6 is 0 Å². The number of nitrogens with zero attached hydrogens (tertiary/aromatic N) is 1. The van der Waals surface area contributed by atoms with Crippen LogP contribution in [0.15, 0.2) is 0 Å². The number of likely N-dealkylation sites (tertiary alicyclic amines) is 1. The third-order valence-electron chi connectivity index (χ3n) is 3.72. The van der Waals surface area contributed by atoms with Crippen molar-refractivity contribution in [3.63, 3.8) is 0 Å². The Labute approximate surface area is 104 Å². The highest BCUT2D eigenvalue weighted by molar-refractivity contribution is 5.66. The lowest BCUT2D eigenvalue weighted by Crippen LogP contribution is -2.31. The lowest BCUT2D eigenvalue weighted by atomic mass is 10.0. The number of rotatable bonds is 7. The van der Waals surface area contributed by atoms with E-state index in [1.54, 1.807) is 7.11 Å². The summed E-state index contributed by atoms with van der Waals surface area (Å²) in [7, 11) is 1.75. The lowest BCUT2D eigenvalue weighted by Gasteiger charge is -2.26. The van der Waals surface area contributed by atoms with Crippen LogP contribution < -0.4 is 0 Å². The van der Waals surface area contributed by atoms with Gasteiger partial charge in [-0.2, -0.15) is 0 Å². The van der Waals surface area contributed by atoms with E-state index in [2.05, 4.69) is 18.7 Å². The van der Waals surface area contributed by atoms with Gasteiger partial charge in [0.25, 0.3) is 0 Å². The van der Waals surface area contributed by atoms with E-state index >= 15 is 0 Å². The molecule has 1 fully saturated rings. The molecule has 0 bridgehead atoms. The predicted molar refractivity (Wildman–Crippen MR) is 67.1 cm³/mol. The second-order valence-corrected chi connectivity index (χ2v) is 5.60. The van der Waals surface area contributed by atoms with Crippen molar-refractivity contribution in [3.8, 4) is 0 Å². The van der Waals surface area contributed by atoms with E-state index in [-0.39, 0.29) is 5.60 Å². The first-order valence-corrected chi connectivity index (χ1v) is 6.42. The van der Waals surface area contributed by atoms with Gasteiger partial charge >= 0.3 is 5.97 Å². The number of carbonyl (C=O) groups is 1. The Balaban J connectivity index is 2.19. The van der Waals surface area contributed by atoms with Crippen molar-refractivity contribution >= 4 is 5.97 Å². The Hall–Kier alpha value is -0.610. The molecule has 1 unspecified atom stereocenters. The van der Waals surface area contributed by atoms with Gasteiger partial charge in [-0.3, -0.25) is 4.79 Å². The summed E-state index contributed by atoms with van der Waals surface area (Å²) in [5.74, 6) is -0.110. The first-order valence-electron chi connectivity index (χ1n) is 6.42. The van der Waals surface area contributed by atoms with Gasteiger partial charge in [0.15, 0.2) is 0 Å². The van der Waals surface area contributed by atoms with Crippen LogP contribution in [0.2, 0.25) is 0 Å². The number of hydrogen-bond acceptors (Lipinski definition) is 3. The minimum atomic E-state index is -0.677. The maximum atomic E-state index is 10.5. The van der Waals surface area contributed by atoms with Crippen molar-refractivity contribution in [1.82, 2.24) is 4.90 Å². The molecule has 1 heterocycles. The average molecular weight is 243 g/mol. The normalized spacial score (nSPS) is 21.9. The summed E-state index contributed by atoms with van der Waals surface area (Å²) in [6.07, 6.45) is 3.29. The van der Waals surface area contributed by atoms with Crippen molar-refractivity contribution in [2.45, 2.75) is 45.1 Å². The fraction of sp³-hybridized carbons (Fsp3) is 0.923. The molecule has 1 aliphatic heterocycles. The van der Waals surface area contributed by atoms with Gasteiger partial charge in [0.05, 0.1) is 5.60 Å². The number of ether oxygens (including phenoxy) is 1. The second kappa shape index (κ2) is 6.36. The Morgan fingerprint density at radius 1 is 1.53 bits per heavy atom. The van der Waals surface area contributed by atoms with Crippen molar-refractivity contribution in [1.29, 1.82) is 0 Å². The van der Waals surface area contributed by atoms with Gasteiger partial charge in [-0.1, -0.05) is 0 Å². The number of aliphatic carboxylic acids is 1. The average Bonchev–Trinajstić information content (AvgIpc) is 2.72. The van der Waals surface area contributed by atoms with Crippen LogP contribution in [-0.4, -0.2) is 48.3 Å². The third kappa shape index (κ3) is 5.50. The van der Waals surface area contributed by atoms with E-state index < -0.39 is 5.97 Å². The molecule has 100 valence electrons. The van der Waals surface area contributed by atoms with Gasteiger partial charge in [-0.05, 0) is 45.6 Å². The molecule has 1 atom stereocenters. The fourth-order valence-electron chi connectivity index (χ4n) is 2.21. The van der Waals surface area contributed by atoms with Crippen molar-refractivity contribution in [2.75, 3.05) is 26.7 Å². The van der Waals surface area contributed by atoms with E-state index in [9.17, 15) is 4.79 Å². The second-order valence-electron chi connectivity index (χ2n) is 5.60. The molecular formula is C13H25NO3. The molecule has 1 rings (SSSR count). The SMILES string of the molecule is COC(C)(C)CCN1CCC(CCC(=O)O)C1. The highest BCUT2D eigenvalue weighted by atomic mass is 16.5. The topological polar surface area (TPSA) is 49.8 Å². The number of hydrogen-bond donors (Lipinski definition) is 1. The van der Waals surface area contributed by atoms with Gasteiger partial charge in [0.1, 0.15) is 0 Å². The monoisotopic (exact) mass is 243 g/mol. The molecule has 0 aromatic heterocycles. The number of carboxylic acids is 1. The van der Waals surface area contributed by atoms with Crippen molar-refractivity contribution < 1.29 is 14.6 Å². The van der Waals surface area contributed by atoms with Crippen LogP contribution in [0.5, 0.6) is 0 Å². The van der Waals surface area contributed by atoms with Crippen LogP contribution in [-0.2, 0) is 9.53 Å². The number of methoxy groups -OCH3 is 1. The summed E-state index contributed by atoms with van der Waals surface area (Å²) in [4.78, 5) is 12.9. The van der Waals surface area contributed by atoms with Crippen molar-refractivity contribution in [2.24, 2.45) is 5.92 Å². The highest BCUT2D eigenvalue weighted by Gasteiger charge is 2.25. The Kier molecular flexibility index (Phi) is 5.40. The van der Waals surface area contributed by atoms with Gasteiger partial charge in [0.2, 0.25) is 0 Å². The fourth-order valence-corrected chi connectivity index (χ4v) is 2.21. The zero-order chi connectivity index (χ0) is 12.9. The minimum Gasteiger partial charge on any atom is -0.481 e. The van der Waals surface area contributed by atoms with Crippen LogP contribution in [0.1, 0.15) is 39.5 Å². The molecule has 0 spiro atoms. The first kappa shape index (κ1) is 14.5. The molecule has 1 N–H and O–H groups in total. The molecule has 0 saturated carbocycles. The van der Waals surface area contributed by atoms with Gasteiger partial charge < -0.3 is 14.7 Å². The summed E-state index contributed by atoms with van der Waals surface area (Å²) in [5, 5.41) is 8.65. The molecule has 0 amide bonds. The maximum absolute atomic E-state index is 10.5. The molecule has 4 heteroatoms. The molecule has 1 saturated heterocycles. The molecule has 0 aliphatic carbocycles. The summed E-state index contributed by atoms with van der Waals surface area (Å²) in [6.45, 7) is 7.40. The van der Waals surface area contributed by atoms with E-state index in [1.807, 2.05) is 0 Å². The summed E-state index contributed by atoms with van der Waals surface area (Å²) < 4.78 is 5.40. The van der Waals surface area contributed by atoms with Crippen LogP contribution in [0.25, 0.3) is 0 Å². The van der Waals surface area contributed by atoms with Crippen LogP contribution in [0.3, 0.4) is 0 Å². The molecule has 17 heavy (non-hydrogen) atoms. The van der Waals surface area contributed by atoms with Crippen LogP contribution in [0, 0.1) is 5.92 Å². The molecular weight excluding hydrogens is 218 g/mol. The zero-order valence-corrected chi connectivity index (χ0v) is 11.2. The molecule has 0 aromatic rings. The molecule has 0 radical (unpaired) electrons. The van der Waals surface area contributed by atoms with Gasteiger partial charge in [0, 0.05) is 26.6 Å². The van der Waals surface area contributed by atoms with E-state index in [0.717, 1.165) is 38.9 Å². The summed E-state index contributed by atoms with van der Waals surface area (Å²) >= 11 is 0. The predicted octanol–water partition coefficient (Wildman–Crippen LogP) is 1.99. The summed E-state index contributed by atoms with van der Waals surface area (Å²) in [6, 6.07) is 0. The van der Waals surface area contributed by atoms with Crippen LogP contribution in [0.4, 0.5) is 0 Å². The summed E-state index contributed by atoms with van der Waals surface area (Å²) in [5.41, 5.74) is -0.0564. The lowest BCUT2D eigenvalue weighted by molar-refractivity contribution is -0.137. The smallest absolute Gasteiger partial charge is 0.303 e. The highest BCUT2D eigenvalue weighted by Crippen LogP contribution is 2.22. The van der Waals surface area contributed by atoms with Crippen molar-refractivity contribution in [3.05, 3.63) is 0 Å². The molecule has 1 aliphatic rings. The quantitative estimate of drug-likeness (QED) is 0.743. The van der Waals surface area contributed by atoms with E-state index in [1.165, 1.54) is 0 Å². The Morgan fingerprint density at radius 2 is 2.24 bits per heavy atom. The van der Waals surface area contributed by atoms with E-state index in [4.69, 9.17) is 9.84 Å². The first-order chi connectivity index (χ1) is 7.93. The van der Waals surface area contributed by atoms with Gasteiger partial charge in [-0.25, -0.2) is 0 Å². The molecule has 0 aromatic carbocycles. The zero-order valence-electron chi connectivity index (χ0n) is 11.2. The third-order valence-corrected chi connectivity index (χ3v) is 3.72. The standard InChI is InChI=1S/C13H25NO3/c1-13(2,17-3)7-9-14-8-6-11(10-14)4-5-12(15)16/h11H,4-10H2,1-3H3,(H,15,16). The molecule has 4 nitrogen and oxygen atoms in total. The number of carboxylic acid groups (broad SMARTS) is 1. The largest absolute Gasteiger partial charge is 0.481 e. The minimum absolute atomic E-state index is 0.0564.